The van der Waals surface area contributed by atoms with E-state index in [0.717, 1.165) is 4.68 Å². The minimum Gasteiger partial charge on any atom is -0.466 e. The van der Waals surface area contributed by atoms with Crippen LogP contribution in [-0.4, -0.2) is 51.5 Å². The van der Waals surface area contributed by atoms with Crippen LogP contribution in [0.25, 0.3) is 0 Å². The molecule has 1 heterocycles. The van der Waals surface area contributed by atoms with Gasteiger partial charge in [-0.2, -0.15) is 4.68 Å². The molecule has 0 radical (unpaired) electrons. The zero-order valence-electron chi connectivity index (χ0n) is 20.3. The van der Waals surface area contributed by atoms with Gasteiger partial charge in [-0.25, -0.2) is 15.4 Å². The number of rotatable bonds is 3. The molecule has 0 saturated heterocycles. The number of nitrogens with two attached hydrogens (primary N) is 1. The molecule has 0 atom stereocenters. The number of amides is 1. The molecule has 0 bridgehead atoms. The number of ether oxygens (including phenoxy) is 3. The van der Waals surface area contributed by atoms with E-state index in [1.807, 2.05) is 5.43 Å². The lowest BCUT2D eigenvalue weighted by molar-refractivity contribution is -0.145. The number of nitrogens with one attached hydrogen (secondary N) is 2. The first-order valence-electron chi connectivity index (χ1n) is 9.78. The summed E-state index contributed by atoms with van der Waals surface area (Å²) in [7, 11) is 0. The Morgan fingerprint density at radius 2 is 1.56 bits per heavy atom. The minimum atomic E-state index is -0.685. The van der Waals surface area contributed by atoms with Gasteiger partial charge in [0, 0.05) is 11.8 Å². The van der Waals surface area contributed by atoms with Crippen molar-refractivity contribution in [3.05, 3.63) is 22.1 Å². The molecule has 1 aromatic rings. The highest BCUT2D eigenvalue weighted by molar-refractivity contribution is 5.94. The summed E-state index contributed by atoms with van der Waals surface area (Å²) in [4.78, 5) is 53.6. The van der Waals surface area contributed by atoms with Crippen LogP contribution >= 0.6 is 0 Å². The van der Waals surface area contributed by atoms with Crippen molar-refractivity contribution in [1.82, 2.24) is 15.2 Å². The number of esters is 1. The second-order valence-corrected chi connectivity index (χ2v) is 8.42. The van der Waals surface area contributed by atoms with E-state index in [-0.39, 0.29) is 12.2 Å². The van der Waals surface area contributed by atoms with E-state index in [0.29, 0.717) is 12.3 Å². The van der Waals surface area contributed by atoms with Gasteiger partial charge in [0.2, 0.25) is 0 Å². The maximum absolute atomic E-state index is 11.4. The first-order valence-corrected chi connectivity index (χ1v) is 9.78. The zero-order chi connectivity index (χ0) is 25.7. The van der Waals surface area contributed by atoms with Crippen molar-refractivity contribution in [1.29, 1.82) is 0 Å². The summed E-state index contributed by atoms with van der Waals surface area (Å²) in [5.74, 6) is 4.16. The number of hydrogen-bond donors (Lipinski definition) is 3. The predicted molar refractivity (Wildman–Crippen MR) is 117 cm³/mol. The average Bonchev–Trinajstić information content (AvgIpc) is 2.91. The number of aromatic nitrogens is 2. The van der Waals surface area contributed by atoms with E-state index in [4.69, 9.17) is 15.3 Å². The molecule has 0 saturated carbocycles. The normalized spacial score (nSPS) is 10.4. The number of nitrogens with zero attached hydrogens (tertiary/aromatic N) is 1. The summed E-state index contributed by atoms with van der Waals surface area (Å²) in [6.07, 6.45) is -1.40. The molecule has 0 aromatic carbocycles. The van der Waals surface area contributed by atoms with Crippen LogP contribution in [-0.2, 0) is 23.8 Å². The Kier molecular flexibility index (Phi) is 13.6. The monoisotopic (exact) mass is 460 g/mol. The lowest BCUT2D eigenvalue weighted by Crippen LogP contribution is -2.36. The summed E-state index contributed by atoms with van der Waals surface area (Å²) in [6.45, 7) is 15.6. The number of carbonyl (C=O) groups is 4. The molecule has 0 fully saturated rings. The Hall–Kier alpha value is -3.15. The van der Waals surface area contributed by atoms with Crippen LogP contribution in [0.3, 0.4) is 0 Å². The van der Waals surface area contributed by atoms with Gasteiger partial charge in [-0.05, 0) is 62.3 Å². The summed E-state index contributed by atoms with van der Waals surface area (Å²) in [6, 6.07) is 1.34. The zero-order valence-corrected chi connectivity index (χ0v) is 20.3. The molecule has 184 valence electrons. The predicted octanol–water partition coefficient (Wildman–Crippen LogP) is 2.18. The third-order valence-electron chi connectivity index (χ3n) is 2.64. The van der Waals surface area contributed by atoms with Crippen LogP contribution in [0.5, 0.6) is 0 Å². The van der Waals surface area contributed by atoms with Crippen LogP contribution < -0.4 is 16.8 Å². The van der Waals surface area contributed by atoms with Gasteiger partial charge in [0.25, 0.3) is 5.56 Å². The van der Waals surface area contributed by atoms with Crippen LogP contribution in [0, 0.1) is 6.92 Å². The first kappa shape index (κ1) is 31.0. The van der Waals surface area contributed by atoms with Gasteiger partial charge < -0.3 is 14.2 Å². The Morgan fingerprint density at radius 3 is 1.84 bits per heavy atom. The van der Waals surface area contributed by atoms with E-state index in [1.54, 1.807) is 55.4 Å². The van der Waals surface area contributed by atoms with Crippen molar-refractivity contribution in [2.45, 2.75) is 79.9 Å². The molecule has 12 heteroatoms. The maximum Gasteiger partial charge on any atom is 0.436 e. The highest BCUT2D eigenvalue weighted by Gasteiger charge is 2.19. The standard InChI is InChI=1S/C9H14N2O3.C6H10O3.C5H12N2O2/c1-6-5-7(12)11(10-6)8(13)14-9(2,3)4;1-3-9-6(8)4-5(2)7;1-5(2,3)9-4(8)7-6/h5,10H,1-4H3;3-4H2,1-2H3;6H2,1-3H3,(H,7,8). The van der Waals surface area contributed by atoms with Crippen molar-refractivity contribution in [2.24, 2.45) is 5.84 Å². The van der Waals surface area contributed by atoms with Gasteiger partial charge in [-0.3, -0.25) is 24.9 Å². The average molecular weight is 461 g/mol. The fraction of sp³-hybridized carbons (Fsp3) is 0.650. The number of carbonyl (C=O) groups excluding carboxylic acids is 4. The fourth-order valence-electron chi connectivity index (χ4n) is 1.68. The molecule has 4 N–H and O–H groups in total. The number of Topliss-reactive ketones (excluding diaryl/α,β-unsaturated/α-hetero) is 1. The number of hydrazine groups is 1. The van der Waals surface area contributed by atoms with Crippen LogP contribution in [0.4, 0.5) is 9.59 Å². The topological polar surface area (TPSA) is 172 Å². The van der Waals surface area contributed by atoms with Gasteiger partial charge in [0.1, 0.15) is 23.4 Å². The fourth-order valence-corrected chi connectivity index (χ4v) is 1.68. The van der Waals surface area contributed by atoms with Gasteiger partial charge in [0.15, 0.2) is 0 Å². The maximum atomic E-state index is 11.4. The SMILES string of the molecule is CC(C)(C)OC(=O)NN.CCOC(=O)CC(C)=O.Cc1cc(=O)n(C(=O)OC(C)(C)C)[nH]1. The summed E-state index contributed by atoms with van der Waals surface area (Å²) >= 11 is 0. The van der Waals surface area contributed by atoms with E-state index in [9.17, 15) is 24.0 Å². The largest absolute Gasteiger partial charge is 0.466 e. The van der Waals surface area contributed by atoms with E-state index < -0.39 is 34.9 Å². The molecule has 0 aliphatic rings. The molecule has 0 aliphatic carbocycles. The van der Waals surface area contributed by atoms with Crippen LogP contribution in [0.2, 0.25) is 0 Å². The summed E-state index contributed by atoms with van der Waals surface area (Å²) in [5.41, 5.74) is 1.01. The van der Waals surface area contributed by atoms with Crippen molar-refractivity contribution < 1.29 is 33.4 Å². The summed E-state index contributed by atoms with van der Waals surface area (Å²) < 4.78 is 15.1. The number of aryl methyl sites for hydroxylation is 1. The van der Waals surface area contributed by atoms with Gasteiger partial charge >= 0.3 is 18.2 Å². The Bertz CT molecular complexity index is 813. The molecular weight excluding hydrogens is 424 g/mol. The molecule has 1 rings (SSSR count). The highest BCUT2D eigenvalue weighted by atomic mass is 16.6. The number of aromatic amines is 1. The van der Waals surface area contributed by atoms with Gasteiger partial charge in [-0.15, -0.1) is 0 Å². The second-order valence-electron chi connectivity index (χ2n) is 8.42. The smallest absolute Gasteiger partial charge is 0.436 e. The highest BCUT2D eigenvalue weighted by Crippen LogP contribution is 2.07. The molecular formula is C20H36N4O8. The minimum absolute atomic E-state index is 0.103. The van der Waals surface area contributed by atoms with E-state index in [2.05, 4.69) is 9.84 Å². The molecule has 0 spiro atoms. The Balaban J connectivity index is 0. The number of hydrogen-bond acceptors (Lipinski definition) is 9. The Labute approximate surface area is 187 Å². The van der Waals surface area contributed by atoms with Crippen molar-refractivity contribution in [2.75, 3.05) is 6.61 Å². The molecule has 0 aliphatic heterocycles. The third kappa shape index (κ3) is 17.7. The lowest BCUT2D eigenvalue weighted by Gasteiger charge is -2.18. The molecule has 1 aromatic heterocycles. The number of H-pyrrole nitrogens is 1. The molecule has 12 nitrogen and oxygen atoms in total. The molecule has 32 heavy (non-hydrogen) atoms. The first-order chi connectivity index (χ1) is 14.4. The quantitative estimate of drug-likeness (QED) is 0.153. The van der Waals surface area contributed by atoms with Gasteiger partial charge in [0.05, 0.1) is 6.61 Å². The third-order valence-corrected chi connectivity index (χ3v) is 2.64. The van der Waals surface area contributed by atoms with Gasteiger partial charge in [-0.1, -0.05) is 0 Å². The van der Waals surface area contributed by atoms with E-state index >= 15 is 0 Å². The molecule has 1 amide bonds. The Morgan fingerprint density at radius 1 is 1.06 bits per heavy atom. The van der Waals surface area contributed by atoms with Crippen LogP contribution in [0.1, 0.15) is 67.5 Å². The van der Waals surface area contributed by atoms with Crippen LogP contribution in [0.15, 0.2) is 10.9 Å². The summed E-state index contributed by atoms with van der Waals surface area (Å²) in [5, 5.41) is 2.60. The van der Waals surface area contributed by atoms with E-state index in [1.165, 1.54) is 13.0 Å². The molecule has 0 unspecified atom stereocenters. The number of ketones is 1. The van der Waals surface area contributed by atoms with Crippen molar-refractivity contribution in [3.63, 3.8) is 0 Å². The van der Waals surface area contributed by atoms with Crippen molar-refractivity contribution >= 4 is 23.9 Å². The lowest BCUT2D eigenvalue weighted by atomic mass is 10.2. The van der Waals surface area contributed by atoms with Crippen molar-refractivity contribution in [3.8, 4) is 0 Å². The second kappa shape index (κ2) is 14.0.